The summed E-state index contributed by atoms with van der Waals surface area (Å²) >= 11 is 6.12. The van der Waals surface area contributed by atoms with Crippen molar-refractivity contribution in [3.63, 3.8) is 0 Å². The number of rotatable bonds is 8. The van der Waals surface area contributed by atoms with Crippen molar-refractivity contribution >= 4 is 63.9 Å². The molecule has 3 rings (SSSR count). The van der Waals surface area contributed by atoms with Crippen LogP contribution in [0.25, 0.3) is 21.8 Å². The first-order chi connectivity index (χ1) is 12.6. The first-order valence-corrected chi connectivity index (χ1v) is 8.80. The summed E-state index contributed by atoms with van der Waals surface area (Å²) in [7, 11) is 1.64. The molecule has 154 valence electrons. The lowest BCUT2D eigenvalue weighted by Gasteiger charge is -2.15. The van der Waals surface area contributed by atoms with Crippen LogP contribution in [0.15, 0.2) is 36.4 Å². The number of anilines is 1. The van der Waals surface area contributed by atoms with Crippen LogP contribution < -0.4 is 15.4 Å². The van der Waals surface area contributed by atoms with E-state index in [0.29, 0.717) is 24.7 Å². The Bertz CT molecular complexity index is 912. The van der Waals surface area contributed by atoms with Gasteiger partial charge < -0.3 is 25.6 Å². The van der Waals surface area contributed by atoms with E-state index in [0.717, 1.165) is 33.2 Å². The minimum absolute atomic E-state index is 0. The van der Waals surface area contributed by atoms with E-state index >= 15 is 0 Å². The van der Waals surface area contributed by atoms with Crippen molar-refractivity contribution in [3.8, 4) is 5.75 Å². The van der Waals surface area contributed by atoms with Gasteiger partial charge in [0, 0.05) is 35.4 Å². The second-order valence-corrected chi connectivity index (χ2v) is 6.44. The third-order valence-electron chi connectivity index (χ3n) is 4.14. The molecule has 0 fully saturated rings. The lowest BCUT2D eigenvalue weighted by Crippen LogP contribution is -2.32. The zero-order valence-corrected chi connectivity index (χ0v) is 17.7. The predicted octanol–water partition coefficient (Wildman–Crippen LogP) is 3.25. The fourth-order valence-corrected chi connectivity index (χ4v) is 2.99. The molecule has 1 heterocycles. The van der Waals surface area contributed by atoms with Crippen LogP contribution in [0.2, 0.25) is 5.02 Å². The van der Waals surface area contributed by atoms with Crippen LogP contribution in [0, 0.1) is 0 Å². The molecule has 4 N–H and O–H groups in total. The smallest absolute Gasteiger partial charge is 0.119 e. The van der Waals surface area contributed by atoms with E-state index in [1.807, 2.05) is 36.4 Å². The number of aliphatic hydroxyl groups is 2. The molecule has 0 amide bonds. The molecule has 0 saturated carbocycles. The average molecular weight is 449 g/mol. The summed E-state index contributed by atoms with van der Waals surface area (Å²) in [4.78, 5) is 4.70. The maximum absolute atomic E-state index is 9.37. The second kappa shape index (κ2) is 11.5. The molecule has 0 spiro atoms. The van der Waals surface area contributed by atoms with E-state index < -0.39 is 6.10 Å². The Morgan fingerprint density at radius 2 is 1.86 bits per heavy atom. The van der Waals surface area contributed by atoms with Crippen LogP contribution in [0.4, 0.5) is 5.69 Å². The van der Waals surface area contributed by atoms with Crippen molar-refractivity contribution in [1.82, 2.24) is 10.3 Å². The van der Waals surface area contributed by atoms with Crippen LogP contribution in [0.5, 0.6) is 5.75 Å². The first-order valence-electron chi connectivity index (χ1n) is 8.43. The molecule has 1 atom stereocenters. The zero-order chi connectivity index (χ0) is 18.5. The van der Waals surface area contributed by atoms with Gasteiger partial charge in [-0.15, -0.1) is 24.8 Å². The topological polar surface area (TPSA) is 86.6 Å². The van der Waals surface area contributed by atoms with Gasteiger partial charge in [-0.25, -0.2) is 4.98 Å². The van der Waals surface area contributed by atoms with E-state index in [2.05, 4.69) is 10.6 Å². The number of benzene rings is 2. The molecular weight excluding hydrogens is 425 g/mol. The molecule has 0 aliphatic carbocycles. The SMILES string of the molecule is COc1ccc2nc3cc(Cl)ccc3c(NCCNCC(O)CO)c2c1.Cl.Cl. The number of aliphatic hydroxyl groups excluding tert-OH is 2. The number of hydrogen-bond donors (Lipinski definition) is 4. The lowest BCUT2D eigenvalue weighted by molar-refractivity contribution is 0.0949. The molecule has 2 aromatic carbocycles. The second-order valence-electron chi connectivity index (χ2n) is 6.00. The van der Waals surface area contributed by atoms with Crippen LogP contribution in [0.1, 0.15) is 0 Å². The van der Waals surface area contributed by atoms with Crippen molar-refractivity contribution in [3.05, 3.63) is 41.4 Å². The molecule has 1 aromatic heterocycles. The Hall–Kier alpha value is -1.54. The Morgan fingerprint density at radius 3 is 2.57 bits per heavy atom. The number of methoxy groups -OCH3 is 1. The Balaban J connectivity index is 0.00000196. The van der Waals surface area contributed by atoms with Gasteiger partial charge in [-0.3, -0.25) is 0 Å². The summed E-state index contributed by atoms with van der Waals surface area (Å²) in [6, 6.07) is 11.4. The van der Waals surface area contributed by atoms with E-state index in [-0.39, 0.29) is 31.4 Å². The molecule has 0 saturated heterocycles. The van der Waals surface area contributed by atoms with E-state index in [1.165, 1.54) is 0 Å². The van der Waals surface area contributed by atoms with Gasteiger partial charge in [0.15, 0.2) is 0 Å². The number of hydrogen-bond acceptors (Lipinski definition) is 6. The summed E-state index contributed by atoms with van der Waals surface area (Å²) in [5, 5.41) is 27.4. The van der Waals surface area contributed by atoms with Crippen LogP contribution >= 0.6 is 36.4 Å². The van der Waals surface area contributed by atoms with Crippen molar-refractivity contribution in [2.45, 2.75) is 6.10 Å². The fourth-order valence-electron chi connectivity index (χ4n) is 2.82. The molecular formula is C19H24Cl3N3O3. The molecule has 6 nitrogen and oxygen atoms in total. The number of nitrogens with one attached hydrogen (secondary N) is 2. The maximum Gasteiger partial charge on any atom is 0.119 e. The molecule has 28 heavy (non-hydrogen) atoms. The highest BCUT2D eigenvalue weighted by molar-refractivity contribution is 6.31. The van der Waals surface area contributed by atoms with Crippen molar-refractivity contribution in [2.24, 2.45) is 0 Å². The molecule has 0 bridgehead atoms. The van der Waals surface area contributed by atoms with Gasteiger partial charge >= 0.3 is 0 Å². The minimum atomic E-state index is -0.746. The number of ether oxygens (including phenoxy) is 1. The lowest BCUT2D eigenvalue weighted by atomic mass is 10.1. The van der Waals surface area contributed by atoms with E-state index in [1.54, 1.807) is 7.11 Å². The molecule has 0 radical (unpaired) electrons. The Kier molecular flexibility index (Phi) is 10.0. The third kappa shape index (κ3) is 5.73. The molecule has 3 aromatic rings. The highest BCUT2D eigenvalue weighted by Gasteiger charge is 2.11. The first kappa shape index (κ1) is 24.5. The van der Waals surface area contributed by atoms with Crippen molar-refractivity contribution in [2.75, 3.05) is 38.7 Å². The maximum atomic E-state index is 9.37. The molecule has 0 aliphatic rings. The minimum Gasteiger partial charge on any atom is -0.497 e. The molecule has 9 heteroatoms. The monoisotopic (exact) mass is 447 g/mol. The number of aromatic nitrogens is 1. The summed E-state index contributed by atoms with van der Waals surface area (Å²) in [6.45, 7) is 1.38. The van der Waals surface area contributed by atoms with Gasteiger partial charge in [0.1, 0.15) is 5.75 Å². The van der Waals surface area contributed by atoms with E-state index in [4.69, 9.17) is 26.4 Å². The number of nitrogens with zero attached hydrogens (tertiary/aromatic N) is 1. The van der Waals surface area contributed by atoms with E-state index in [9.17, 15) is 5.11 Å². The highest BCUT2D eigenvalue weighted by Crippen LogP contribution is 2.33. The van der Waals surface area contributed by atoms with Gasteiger partial charge in [-0.2, -0.15) is 0 Å². The standard InChI is InChI=1S/C19H22ClN3O3.2ClH/c1-26-14-3-5-17-16(9-14)19(22-7-6-21-10-13(25)11-24)15-4-2-12(20)8-18(15)23-17;;/h2-5,8-9,13,21,24-25H,6-7,10-11H2,1H3,(H,22,23);2*1H. The quantitative estimate of drug-likeness (QED) is 0.313. The normalized spacial score (nSPS) is 11.6. The van der Waals surface area contributed by atoms with Gasteiger partial charge in [0.2, 0.25) is 0 Å². The Labute approximate surface area is 181 Å². The largest absolute Gasteiger partial charge is 0.497 e. The van der Waals surface area contributed by atoms with Crippen LogP contribution in [0.3, 0.4) is 0 Å². The summed E-state index contributed by atoms with van der Waals surface area (Å²) in [5.74, 6) is 0.764. The Morgan fingerprint density at radius 1 is 1.07 bits per heavy atom. The average Bonchev–Trinajstić information content (AvgIpc) is 2.66. The van der Waals surface area contributed by atoms with Crippen molar-refractivity contribution in [1.29, 1.82) is 0 Å². The van der Waals surface area contributed by atoms with Gasteiger partial charge in [0.05, 0.1) is 36.5 Å². The number of halogens is 3. The number of fused-ring (bicyclic) bond motifs is 2. The zero-order valence-electron chi connectivity index (χ0n) is 15.3. The fraction of sp³-hybridized carbons (Fsp3) is 0.316. The molecule has 0 aliphatic heterocycles. The third-order valence-corrected chi connectivity index (χ3v) is 4.37. The van der Waals surface area contributed by atoms with Gasteiger partial charge in [-0.05, 0) is 36.4 Å². The number of pyridine rings is 1. The summed E-state index contributed by atoms with van der Waals surface area (Å²) in [5.41, 5.74) is 2.64. The highest BCUT2D eigenvalue weighted by atomic mass is 35.5. The predicted molar refractivity (Wildman–Crippen MR) is 120 cm³/mol. The van der Waals surface area contributed by atoms with Crippen LogP contribution in [-0.2, 0) is 0 Å². The van der Waals surface area contributed by atoms with Gasteiger partial charge in [-0.1, -0.05) is 11.6 Å². The summed E-state index contributed by atoms with van der Waals surface area (Å²) in [6.07, 6.45) is -0.746. The van der Waals surface area contributed by atoms with Gasteiger partial charge in [0.25, 0.3) is 0 Å². The van der Waals surface area contributed by atoms with Crippen molar-refractivity contribution < 1.29 is 14.9 Å². The van der Waals surface area contributed by atoms with Crippen LogP contribution in [-0.4, -0.2) is 54.7 Å². The summed E-state index contributed by atoms with van der Waals surface area (Å²) < 4.78 is 5.35. The molecule has 1 unspecified atom stereocenters.